The molecule has 0 aromatic heterocycles. The fraction of sp³-hybridized carbons (Fsp3) is 0.467. The monoisotopic (exact) mass is 338 g/mol. The lowest BCUT2D eigenvalue weighted by Gasteiger charge is -2.20. The van der Waals surface area contributed by atoms with E-state index in [9.17, 15) is 9.59 Å². The lowest BCUT2D eigenvalue weighted by molar-refractivity contribution is -0.130. The molecule has 0 atom stereocenters. The molecule has 1 aliphatic rings. The van der Waals surface area contributed by atoms with Crippen molar-refractivity contribution in [3.63, 3.8) is 0 Å². The number of nitrogens with zero attached hydrogens (tertiary/aromatic N) is 1. The minimum atomic E-state index is -0.0174. The Hall–Kier alpha value is -1.36. The van der Waals surface area contributed by atoms with Gasteiger partial charge in [0.05, 0.1) is 6.42 Å². The number of halogens is 1. The van der Waals surface area contributed by atoms with Crippen molar-refractivity contribution < 1.29 is 9.59 Å². The standard InChI is InChI=1S/C15H19BrN2O2/c1-11(19)18(13-6-7-13)9-8-17-15(20)10-12-4-2-3-5-14(12)16/h2-5,13H,6-10H2,1H3,(H,17,20). The molecule has 108 valence electrons. The number of carbonyl (C=O) groups excluding carboxylic acids is 2. The molecule has 0 radical (unpaired) electrons. The van der Waals surface area contributed by atoms with E-state index in [1.807, 2.05) is 29.2 Å². The summed E-state index contributed by atoms with van der Waals surface area (Å²) in [5.74, 6) is 0.0729. The van der Waals surface area contributed by atoms with Crippen LogP contribution < -0.4 is 5.32 Å². The maximum absolute atomic E-state index is 11.9. The van der Waals surface area contributed by atoms with Gasteiger partial charge < -0.3 is 10.2 Å². The number of hydrogen-bond acceptors (Lipinski definition) is 2. The third-order valence-electron chi connectivity index (χ3n) is 3.38. The summed E-state index contributed by atoms with van der Waals surface area (Å²) in [5, 5.41) is 2.87. The molecule has 4 nitrogen and oxygen atoms in total. The van der Waals surface area contributed by atoms with Crippen molar-refractivity contribution >= 4 is 27.7 Å². The summed E-state index contributed by atoms with van der Waals surface area (Å²) >= 11 is 3.43. The van der Waals surface area contributed by atoms with Crippen LogP contribution in [0.5, 0.6) is 0 Å². The van der Waals surface area contributed by atoms with Gasteiger partial charge in [0.1, 0.15) is 0 Å². The van der Waals surface area contributed by atoms with E-state index in [1.54, 1.807) is 6.92 Å². The van der Waals surface area contributed by atoms with E-state index in [-0.39, 0.29) is 11.8 Å². The van der Waals surface area contributed by atoms with Gasteiger partial charge in [0.15, 0.2) is 0 Å². The molecule has 5 heteroatoms. The van der Waals surface area contributed by atoms with Crippen LogP contribution in [-0.2, 0) is 16.0 Å². The average Bonchev–Trinajstić information content (AvgIpc) is 3.21. The van der Waals surface area contributed by atoms with Crippen LogP contribution in [0.2, 0.25) is 0 Å². The topological polar surface area (TPSA) is 49.4 Å². The molecule has 2 amide bonds. The molecule has 0 saturated heterocycles. The second-order valence-corrected chi connectivity index (χ2v) is 5.92. The fourth-order valence-electron chi connectivity index (χ4n) is 2.18. The van der Waals surface area contributed by atoms with Gasteiger partial charge in [-0.15, -0.1) is 0 Å². The number of benzene rings is 1. The molecule has 2 rings (SSSR count). The first-order valence-electron chi connectivity index (χ1n) is 6.85. The first-order valence-corrected chi connectivity index (χ1v) is 7.64. The molecule has 20 heavy (non-hydrogen) atoms. The maximum Gasteiger partial charge on any atom is 0.224 e. The summed E-state index contributed by atoms with van der Waals surface area (Å²) in [6.45, 7) is 2.70. The van der Waals surface area contributed by atoms with Crippen LogP contribution in [0.25, 0.3) is 0 Å². The molecule has 1 aliphatic carbocycles. The Morgan fingerprint density at radius 1 is 1.35 bits per heavy atom. The number of amides is 2. The van der Waals surface area contributed by atoms with Gasteiger partial charge in [-0.1, -0.05) is 34.1 Å². The third-order valence-corrected chi connectivity index (χ3v) is 4.15. The first-order chi connectivity index (χ1) is 9.58. The highest BCUT2D eigenvalue weighted by Gasteiger charge is 2.30. The first kappa shape index (κ1) is 15.0. The van der Waals surface area contributed by atoms with E-state index >= 15 is 0 Å². The summed E-state index contributed by atoms with van der Waals surface area (Å²) in [6, 6.07) is 8.08. The lowest BCUT2D eigenvalue weighted by atomic mass is 10.1. The Kier molecular flexibility index (Phi) is 5.17. The van der Waals surface area contributed by atoms with Crippen molar-refractivity contribution in [1.29, 1.82) is 0 Å². The Bertz CT molecular complexity index is 500. The summed E-state index contributed by atoms with van der Waals surface area (Å²) in [4.78, 5) is 25.2. The Balaban J connectivity index is 1.75. The van der Waals surface area contributed by atoms with Crippen LogP contribution in [-0.4, -0.2) is 35.8 Å². The minimum Gasteiger partial charge on any atom is -0.354 e. The lowest BCUT2D eigenvalue weighted by Crippen LogP contribution is -2.39. The Labute approximate surface area is 127 Å². The largest absolute Gasteiger partial charge is 0.354 e. The van der Waals surface area contributed by atoms with Crippen molar-refractivity contribution in [2.45, 2.75) is 32.2 Å². The van der Waals surface area contributed by atoms with Crippen LogP contribution in [0.15, 0.2) is 28.7 Å². The van der Waals surface area contributed by atoms with Crippen LogP contribution in [0.3, 0.4) is 0 Å². The minimum absolute atomic E-state index is 0.0174. The van der Waals surface area contributed by atoms with Crippen LogP contribution in [0.1, 0.15) is 25.3 Å². The van der Waals surface area contributed by atoms with Gasteiger partial charge in [-0.2, -0.15) is 0 Å². The molecule has 1 saturated carbocycles. The van der Waals surface area contributed by atoms with Crippen LogP contribution in [0.4, 0.5) is 0 Å². The predicted octanol–water partition coefficient (Wildman–Crippen LogP) is 2.12. The van der Waals surface area contributed by atoms with Gasteiger partial charge in [-0.25, -0.2) is 0 Å². The highest BCUT2D eigenvalue weighted by atomic mass is 79.9. The average molecular weight is 339 g/mol. The molecule has 0 unspecified atom stereocenters. The smallest absolute Gasteiger partial charge is 0.224 e. The zero-order valence-corrected chi connectivity index (χ0v) is 13.1. The zero-order valence-electron chi connectivity index (χ0n) is 11.6. The second kappa shape index (κ2) is 6.88. The van der Waals surface area contributed by atoms with E-state index in [0.29, 0.717) is 25.6 Å². The number of hydrogen-bond donors (Lipinski definition) is 1. The Morgan fingerprint density at radius 2 is 2.05 bits per heavy atom. The number of rotatable bonds is 6. The molecule has 1 aromatic carbocycles. The summed E-state index contributed by atoms with van der Waals surface area (Å²) < 4.78 is 0.943. The van der Waals surface area contributed by atoms with Gasteiger partial charge in [-0.05, 0) is 24.5 Å². The second-order valence-electron chi connectivity index (χ2n) is 5.06. The normalized spacial score (nSPS) is 13.9. The highest BCUT2D eigenvalue weighted by molar-refractivity contribution is 9.10. The van der Waals surface area contributed by atoms with E-state index in [0.717, 1.165) is 22.9 Å². The van der Waals surface area contributed by atoms with Gasteiger partial charge in [-0.3, -0.25) is 9.59 Å². The van der Waals surface area contributed by atoms with Gasteiger partial charge >= 0.3 is 0 Å². The van der Waals surface area contributed by atoms with E-state index in [4.69, 9.17) is 0 Å². The third kappa shape index (κ3) is 4.34. The molecular formula is C15H19BrN2O2. The molecule has 1 N–H and O–H groups in total. The summed E-state index contributed by atoms with van der Waals surface area (Å²) in [6.07, 6.45) is 2.53. The molecule has 1 fully saturated rings. The van der Waals surface area contributed by atoms with Crippen molar-refractivity contribution in [1.82, 2.24) is 10.2 Å². The SMILES string of the molecule is CC(=O)N(CCNC(=O)Cc1ccccc1Br)C1CC1. The van der Waals surface area contributed by atoms with E-state index < -0.39 is 0 Å². The van der Waals surface area contributed by atoms with Gasteiger partial charge in [0, 0.05) is 30.5 Å². The molecule has 0 bridgehead atoms. The number of nitrogens with one attached hydrogen (secondary N) is 1. The fourth-order valence-corrected chi connectivity index (χ4v) is 2.60. The Morgan fingerprint density at radius 3 is 2.65 bits per heavy atom. The summed E-state index contributed by atoms with van der Waals surface area (Å²) in [7, 11) is 0. The summed E-state index contributed by atoms with van der Waals surface area (Å²) in [5.41, 5.74) is 0.968. The highest BCUT2D eigenvalue weighted by Crippen LogP contribution is 2.26. The van der Waals surface area contributed by atoms with Crippen molar-refractivity contribution in [3.8, 4) is 0 Å². The maximum atomic E-state index is 11.9. The predicted molar refractivity (Wildman–Crippen MR) is 81.3 cm³/mol. The van der Waals surface area contributed by atoms with Crippen molar-refractivity contribution in [2.24, 2.45) is 0 Å². The van der Waals surface area contributed by atoms with Gasteiger partial charge in [0.2, 0.25) is 11.8 Å². The number of carbonyl (C=O) groups is 2. The zero-order chi connectivity index (χ0) is 14.5. The van der Waals surface area contributed by atoms with E-state index in [2.05, 4.69) is 21.2 Å². The molecule has 0 aliphatic heterocycles. The van der Waals surface area contributed by atoms with Gasteiger partial charge in [0.25, 0.3) is 0 Å². The molecule has 0 spiro atoms. The van der Waals surface area contributed by atoms with Crippen molar-refractivity contribution in [3.05, 3.63) is 34.3 Å². The molecule has 0 heterocycles. The van der Waals surface area contributed by atoms with E-state index in [1.165, 1.54) is 0 Å². The van der Waals surface area contributed by atoms with Crippen LogP contribution >= 0.6 is 15.9 Å². The molecule has 1 aromatic rings. The molecular weight excluding hydrogens is 320 g/mol. The van der Waals surface area contributed by atoms with Crippen molar-refractivity contribution in [2.75, 3.05) is 13.1 Å². The van der Waals surface area contributed by atoms with Crippen LogP contribution in [0, 0.1) is 0 Å². The quantitative estimate of drug-likeness (QED) is 0.863.